The molecule has 19 heavy (non-hydrogen) atoms. The molecule has 0 spiro atoms. The highest BCUT2D eigenvalue weighted by Crippen LogP contribution is 2.16. The van der Waals surface area contributed by atoms with Gasteiger partial charge in [0.2, 0.25) is 10.0 Å². The van der Waals surface area contributed by atoms with E-state index < -0.39 is 15.9 Å². The summed E-state index contributed by atoms with van der Waals surface area (Å²) < 4.78 is 22.4. The van der Waals surface area contributed by atoms with Crippen molar-refractivity contribution in [1.29, 1.82) is 0 Å². The number of carbonyl (C=O) groups is 1. The SMILES string of the molecule is NS(=O)(=O)c1cccc(NC(=O)c2cc(Cl)c[nH]2)c1. The lowest BCUT2D eigenvalue weighted by molar-refractivity contribution is 0.102. The number of nitrogens with two attached hydrogens (primary N) is 1. The Morgan fingerprint density at radius 1 is 1.32 bits per heavy atom. The molecular weight excluding hydrogens is 290 g/mol. The van der Waals surface area contributed by atoms with E-state index in [1.54, 1.807) is 6.07 Å². The summed E-state index contributed by atoms with van der Waals surface area (Å²) in [6.45, 7) is 0. The predicted octanol–water partition coefficient (Wildman–Crippen LogP) is 1.57. The molecule has 0 atom stereocenters. The Bertz CT molecular complexity index is 724. The van der Waals surface area contributed by atoms with Crippen LogP contribution in [0, 0.1) is 0 Å². The van der Waals surface area contributed by atoms with E-state index in [4.69, 9.17) is 16.7 Å². The maximum atomic E-state index is 11.8. The van der Waals surface area contributed by atoms with Crippen molar-refractivity contribution < 1.29 is 13.2 Å². The third-order valence-electron chi connectivity index (χ3n) is 2.31. The minimum atomic E-state index is -3.80. The van der Waals surface area contributed by atoms with E-state index >= 15 is 0 Å². The van der Waals surface area contributed by atoms with Crippen LogP contribution in [-0.4, -0.2) is 19.3 Å². The first kappa shape index (κ1) is 13.6. The van der Waals surface area contributed by atoms with Crippen LogP contribution in [0.4, 0.5) is 5.69 Å². The van der Waals surface area contributed by atoms with Gasteiger partial charge in [-0.3, -0.25) is 4.79 Å². The smallest absolute Gasteiger partial charge is 0.272 e. The number of hydrogen-bond donors (Lipinski definition) is 3. The highest BCUT2D eigenvalue weighted by atomic mass is 35.5. The molecule has 1 aromatic heterocycles. The molecule has 1 amide bonds. The molecule has 0 saturated carbocycles. The van der Waals surface area contributed by atoms with Crippen molar-refractivity contribution in [2.24, 2.45) is 5.14 Å². The number of H-pyrrole nitrogens is 1. The Labute approximate surface area is 114 Å². The average molecular weight is 300 g/mol. The Morgan fingerprint density at radius 3 is 2.63 bits per heavy atom. The number of hydrogen-bond acceptors (Lipinski definition) is 3. The summed E-state index contributed by atoms with van der Waals surface area (Å²) in [6, 6.07) is 7.11. The van der Waals surface area contributed by atoms with E-state index in [1.165, 1.54) is 30.5 Å². The van der Waals surface area contributed by atoms with Crippen molar-refractivity contribution in [3.8, 4) is 0 Å². The molecule has 0 aliphatic carbocycles. The van der Waals surface area contributed by atoms with Gasteiger partial charge in [-0.05, 0) is 24.3 Å². The molecule has 1 heterocycles. The topological polar surface area (TPSA) is 105 Å². The second-order valence-electron chi connectivity index (χ2n) is 3.76. The Morgan fingerprint density at radius 2 is 2.05 bits per heavy atom. The van der Waals surface area contributed by atoms with Crippen molar-refractivity contribution in [3.05, 3.63) is 47.2 Å². The number of aromatic amines is 1. The number of carbonyl (C=O) groups excluding carboxylic acids is 1. The molecule has 2 aromatic rings. The first-order valence-corrected chi connectivity index (χ1v) is 7.07. The van der Waals surface area contributed by atoms with Gasteiger partial charge >= 0.3 is 0 Å². The van der Waals surface area contributed by atoms with Crippen LogP contribution >= 0.6 is 11.6 Å². The van der Waals surface area contributed by atoms with Crippen LogP contribution in [0.15, 0.2) is 41.4 Å². The fourth-order valence-corrected chi connectivity index (χ4v) is 2.17. The van der Waals surface area contributed by atoms with Gasteiger partial charge in [0.1, 0.15) is 5.69 Å². The molecule has 6 nitrogen and oxygen atoms in total. The van der Waals surface area contributed by atoms with Gasteiger partial charge in [-0.25, -0.2) is 13.6 Å². The fourth-order valence-electron chi connectivity index (χ4n) is 1.45. The second kappa shape index (κ2) is 5.04. The molecular formula is C11H10ClN3O3S. The molecule has 0 aliphatic rings. The summed E-state index contributed by atoms with van der Waals surface area (Å²) in [5.74, 6) is -0.432. The number of anilines is 1. The van der Waals surface area contributed by atoms with Crippen LogP contribution in [-0.2, 0) is 10.0 Å². The first-order valence-electron chi connectivity index (χ1n) is 5.14. The lowest BCUT2D eigenvalue weighted by atomic mass is 10.3. The predicted molar refractivity (Wildman–Crippen MR) is 71.6 cm³/mol. The Balaban J connectivity index is 2.22. The van der Waals surface area contributed by atoms with Crippen molar-refractivity contribution in [2.45, 2.75) is 4.90 Å². The number of nitrogens with one attached hydrogen (secondary N) is 2. The lowest BCUT2D eigenvalue weighted by Crippen LogP contribution is -2.15. The summed E-state index contributed by atoms with van der Waals surface area (Å²) in [7, 11) is -3.80. The maximum absolute atomic E-state index is 11.8. The summed E-state index contributed by atoms with van der Waals surface area (Å²) in [5, 5.41) is 7.95. The number of benzene rings is 1. The van der Waals surface area contributed by atoms with E-state index in [-0.39, 0.29) is 10.6 Å². The molecule has 2 rings (SSSR count). The second-order valence-corrected chi connectivity index (χ2v) is 5.76. The molecule has 0 unspecified atom stereocenters. The van der Waals surface area contributed by atoms with Crippen LogP contribution in [0.1, 0.15) is 10.5 Å². The molecule has 4 N–H and O–H groups in total. The molecule has 0 saturated heterocycles. The van der Waals surface area contributed by atoms with Crippen LogP contribution in [0.25, 0.3) is 0 Å². The van der Waals surface area contributed by atoms with Crippen molar-refractivity contribution in [3.63, 3.8) is 0 Å². The molecule has 0 aliphatic heterocycles. The maximum Gasteiger partial charge on any atom is 0.272 e. The summed E-state index contributed by atoms with van der Waals surface area (Å²) >= 11 is 5.69. The molecule has 0 fully saturated rings. The number of sulfonamides is 1. The van der Waals surface area contributed by atoms with Crippen LogP contribution < -0.4 is 10.5 Å². The fraction of sp³-hybridized carbons (Fsp3) is 0. The molecule has 100 valence electrons. The zero-order valence-electron chi connectivity index (χ0n) is 9.55. The van der Waals surface area contributed by atoms with E-state index in [9.17, 15) is 13.2 Å². The van der Waals surface area contributed by atoms with Gasteiger partial charge in [0.15, 0.2) is 0 Å². The van der Waals surface area contributed by atoms with E-state index in [0.29, 0.717) is 10.7 Å². The zero-order chi connectivity index (χ0) is 14.0. The number of primary sulfonamides is 1. The first-order chi connectivity index (χ1) is 8.86. The van der Waals surface area contributed by atoms with Gasteiger partial charge in [0.25, 0.3) is 5.91 Å². The van der Waals surface area contributed by atoms with Gasteiger partial charge in [0.05, 0.1) is 9.92 Å². The largest absolute Gasteiger partial charge is 0.356 e. The minimum Gasteiger partial charge on any atom is -0.356 e. The molecule has 8 heteroatoms. The monoisotopic (exact) mass is 299 g/mol. The molecule has 0 radical (unpaired) electrons. The third kappa shape index (κ3) is 3.34. The highest BCUT2D eigenvalue weighted by Gasteiger charge is 2.11. The van der Waals surface area contributed by atoms with Gasteiger partial charge in [-0.15, -0.1) is 0 Å². The van der Waals surface area contributed by atoms with E-state index in [1.807, 2.05) is 0 Å². The van der Waals surface area contributed by atoms with Crippen molar-refractivity contribution in [2.75, 3.05) is 5.32 Å². The summed E-state index contributed by atoms with van der Waals surface area (Å²) in [4.78, 5) is 14.4. The number of aromatic nitrogens is 1. The number of halogens is 1. The van der Waals surface area contributed by atoms with Crippen molar-refractivity contribution >= 4 is 33.2 Å². The van der Waals surface area contributed by atoms with Crippen LogP contribution in [0.5, 0.6) is 0 Å². The Kier molecular flexibility index (Phi) is 3.61. The third-order valence-corrected chi connectivity index (χ3v) is 3.44. The molecule has 0 bridgehead atoms. The standard InChI is InChI=1S/C11H10ClN3O3S/c12-7-4-10(14-6-7)11(16)15-8-2-1-3-9(5-8)19(13,17)18/h1-6,14H,(H,15,16)(H2,13,17,18). The van der Waals surface area contributed by atoms with Crippen molar-refractivity contribution in [1.82, 2.24) is 4.98 Å². The summed E-state index contributed by atoms with van der Waals surface area (Å²) in [5.41, 5.74) is 0.591. The van der Waals surface area contributed by atoms with Gasteiger partial charge in [-0.2, -0.15) is 0 Å². The number of amides is 1. The van der Waals surface area contributed by atoms with Gasteiger partial charge < -0.3 is 10.3 Å². The van der Waals surface area contributed by atoms with E-state index in [0.717, 1.165) is 0 Å². The average Bonchev–Trinajstić information content (AvgIpc) is 2.75. The molecule has 1 aromatic carbocycles. The highest BCUT2D eigenvalue weighted by molar-refractivity contribution is 7.89. The number of rotatable bonds is 3. The zero-order valence-corrected chi connectivity index (χ0v) is 11.1. The van der Waals surface area contributed by atoms with Crippen LogP contribution in [0.2, 0.25) is 5.02 Å². The van der Waals surface area contributed by atoms with Crippen LogP contribution in [0.3, 0.4) is 0 Å². The van der Waals surface area contributed by atoms with Gasteiger partial charge in [-0.1, -0.05) is 17.7 Å². The normalized spacial score (nSPS) is 11.3. The quantitative estimate of drug-likeness (QED) is 0.801. The lowest BCUT2D eigenvalue weighted by Gasteiger charge is -2.05. The Hall–Kier alpha value is -1.83. The van der Waals surface area contributed by atoms with Gasteiger partial charge in [0, 0.05) is 11.9 Å². The summed E-state index contributed by atoms with van der Waals surface area (Å²) in [6.07, 6.45) is 1.47. The minimum absolute atomic E-state index is 0.0742. The van der Waals surface area contributed by atoms with E-state index in [2.05, 4.69) is 10.3 Å².